The van der Waals surface area contributed by atoms with E-state index in [0.717, 1.165) is 0 Å². The van der Waals surface area contributed by atoms with Crippen molar-refractivity contribution in [3.8, 4) is 0 Å². The molecule has 2 aliphatic heterocycles. The number of nitrogens with zero attached hydrogens (tertiary/aromatic N) is 1. The van der Waals surface area contributed by atoms with Gasteiger partial charge in [0.25, 0.3) is 0 Å². The van der Waals surface area contributed by atoms with E-state index in [-0.39, 0.29) is 0 Å². The second-order valence-electron chi connectivity index (χ2n) is 4.91. The van der Waals surface area contributed by atoms with Gasteiger partial charge in [0.05, 0.1) is 0 Å². The Morgan fingerprint density at radius 3 is 2.06 bits per heavy atom. The molecule has 0 saturated carbocycles. The first-order chi connectivity index (χ1) is 7.72. The van der Waals surface area contributed by atoms with Gasteiger partial charge in [-0.3, -0.25) is 0 Å². The number of rotatable bonds is 1. The molecule has 2 rings (SSSR count). The lowest BCUT2D eigenvalue weighted by Crippen LogP contribution is -2.27. The van der Waals surface area contributed by atoms with E-state index in [0.29, 0.717) is 5.41 Å². The van der Waals surface area contributed by atoms with Crippen LogP contribution in [0.25, 0.3) is 0 Å². The molecule has 2 nitrogen and oxygen atoms in total. The first-order valence-corrected chi connectivity index (χ1v) is 7.12. The Labute approximate surface area is 103 Å². The fourth-order valence-electron chi connectivity index (χ4n) is 2.30. The van der Waals surface area contributed by atoms with Gasteiger partial charge in [-0.1, -0.05) is 40.5 Å². The van der Waals surface area contributed by atoms with Crippen LogP contribution in [0, 0.1) is 5.41 Å². The van der Waals surface area contributed by atoms with Gasteiger partial charge in [-0.15, -0.1) is 0 Å². The molecule has 0 aromatic heterocycles. The summed E-state index contributed by atoms with van der Waals surface area (Å²) in [6.45, 7) is 13.5. The predicted octanol–water partition coefficient (Wildman–Crippen LogP) is 3.13. The summed E-state index contributed by atoms with van der Waals surface area (Å²) in [5, 5.41) is 3.45. The van der Waals surface area contributed by atoms with Crippen LogP contribution >= 0.6 is 0 Å². The third-order valence-corrected chi connectivity index (χ3v) is 3.46. The summed E-state index contributed by atoms with van der Waals surface area (Å²) in [7, 11) is 2.23. The molecule has 98 valence electrons. The molecule has 16 heavy (non-hydrogen) atoms. The van der Waals surface area contributed by atoms with E-state index >= 15 is 0 Å². The second kappa shape index (κ2) is 9.00. The van der Waals surface area contributed by atoms with E-state index in [2.05, 4.69) is 31.1 Å². The van der Waals surface area contributed by atoms with Crippen LogP contribution < -0.4 is 5.32 Å². The Bertz CT molecular complexity index is 149. The minimum Gasteiger partial charge on any atom is -0.316 e. The van der Waals surface area contributed by atoms with Gasteiger partial charge in [0, 0.05) is 13.1 Å². The molecule has 1 unspecified atom stereocenters. The summed E-state index contributed by atoms with van der Waals surface area (Å²) in [5.74, 6) is 0. The Balaban J connectivity index is 0.000000323. The number of likely N-dealkylation sites (tertiary alicyclic amines) is 1. The van der Waals surface area contributed by atoms with E-state index in [1.54, 1.807) is 0 Å². The van der Waals surface area contributed by atoms with Crippen molar-refractivity contribution in [2.45, 2.75) is 53.4 Å². The molecule has 2 aliphatic rings. The maximum Gasteiger partial charge on any atom is 0.00481 e. The summed E-state index contributed by atoms with van der Waals surface area (Å²) in [6, 6.07) is 0. The lowest BCUT2D eigenvalue weighted by Gasteiger charge is -2.20. The van der Waals surface area contributed by atoms with Gasteiger partial charge in [-0.05, 0) is 38.4 Å². The fraction of sp³-hybridized carbons (Fsp3) is 1.00. The van der Waals surface area contributed by atoms with Crippen LogP contribution in [0.3, 0.4) is 0 Å². The highest BCUT2D eigenvalue weighted by atomic mass is 15.1. The number of hydrogen-bond donors (Lipinski definition) is 1. The Morgan fingerprint density at radius 2 is 1.75 bits per heavy atom. The van der Waals surface area contributed by atoms with Gasteiger partial charge in [-0.25, -0.2) is 0 Å². The van der Waals surface area contributed by atoms with Crippen LogP contribution in [-0.2, 0) is 0 Å². The molecule has 0 amide bonds. The molecule has 1 spiro atoms. The fourth-order valence-corrected chi connectivity index (χ4v) is 2.30. The molecule has 2 heteroatoms. The number of nitrogens with one attached hydrogen (secondary N) is 1. The molecule has 0 aromatic rings. The zero-order valence-electron chi connectivity index (χ0n) is 12.1. The molecule has 0 bridgehead atoms. The molecule has 2 heterocycles. The molecule has 1 atom stereocenters. The molecule has 2 saturated heterocycles. The highest BCUT2D eigenvalue weighted by molar-refractivity contribution is 4.94. The van der Waals surface area contributed by atoms with Crippen LogP contribution in [0.1, 0.15) is 53.4 Å². The lowest BCUT2D eigenvalue weighted by molar-refractivity contribution is 0.309. The van der Waals surface area contributed by atoms with Gasteiger partial charge in [0.15, 0.2) is 0 Å². The van der Waals surface area contributed by atoms with Crippen molar-refractivity contribution in [1.29, 1.82) is 0 Å². The van der Waals surface area contributed by atoms with Crippen LogP contribution in [-0.4, -0.2) is 38.1 Å². The van der Waals surface area contributed by atoms with Crippen molar-refractivity contribution in [2.24, 2.45) is 5.41 Å². The smallest absolute Gasteiger partial charge is 0.00481 e. The van der Waals surface area contributed by atoms with E-state index in [9.17, 15) is 0 Å². The van der Waals surface area contributed by atoms with Crippen LogP contribution in [0.2, 0.25) is 0 Å². The number of unbranched alkanes of at least 4 members (excludes halogenated alkanes) is 1. The topological polar surface area (TPSA) is 15.3 Å². The Hall–Kier alpha value is -0.0800. The summed E-state index contributed by atoms with van der Waals surface area (Å²) in [5.41, 5.74) is 0.675. The minimum atomic E-state index is 0.675. The molecule has 2 fully saturated rings. The SMILES string of the molecule is CC.CCCC.CN1CCC2(CCNC2)C1. The lowest BCUT2D eigenvalue weighted by atomic mass is 9.87. The Kier molecular flexibility index (Phi) is 8.96. The normalized spacial score (nSPS) is 28.3. The van der Waals surface area contributed by atoms with Gasteiger partial charge >= 0.3 is 0 Å². The minimum absolute atomic E-state index is 0.675. The largest absolute Gasteiger partial charge is 0.316 e. The Morgan fingerprint density at radius 1 is 1.12 bits per heavy atom. The average molecular weight is 228 g/mol. The van der Waals surface area contributed by atoms with Crippen LogP contribution in [0.15, 0.2) is 0 Å². The third-order valence-electron chi connectivity index (χ3n) is 3.46. The van der Waals surface area contributed by atoms with Crippen molar-refractivity contribution in [2.75, 3.05) is 33.2 Å². The molecular formula is C14H32N2. The highest BCUT2D eigenvalue weighted by Crippen LogP contribution is 2.34. The van der Waals surface area contributed by atoms with Crippen molar-refractivity contribution < 1.29 is 0 Å². The average Bonchev–Trinajstić information content (AvgIpc) is 2.93. The molecular weight excluding hydrogens is 196 g/mol. The monoisotopic (exact) mass is 228 g/mol. The molecule has 0 aromatic carbocycles. The van der Waals surface area contributed by atoms with E-state index in [1.165, 1.54) is 51.9 Å². The van der Waals surface area contributed by atoms with Gasteiger partial charge in [0.1, 0.15) is 0 Å². The second-order valence-corrected chi connectivity index (χ2v) is 4.91. The van der Waals surface area contributed by atoms with Crippen molar-refractivity contribution in [1.82, 2.24) is 10.2 Å². The first-order valence-electron chi connectivity index (χ1n) is 7.12. The van der Waals surface area contributed by atoms with Crippen molar-refractivity contribution >= 4 is 0 Å². The van der Waals surface area contributed by atoms with E-state index in [4.69, 9.17) is 0 Å². The predicted molar refractivity (Wildman–Crippen MR) is 74.0 cm³/mol. The zero-order chi connectivity index (χ0) is 12.4. The van der Waals surface area contributed by atoms with Crippen molar-refractivity contribution in [3.63, 3.8) is 0 Å². The number of hydrogen-bond acceptors (Lipinski definition) is 2. The van der Waals surface area contributed by atoms with Crippen LogP contribution in [0.4, 0.5) is 0 Å². The van der Waals surface area contributed by atoms with E-state index < -0.39 is 0 Å². The first kappa shape index (κ1) is 15.9. The van der Waals surface area contributed by atoms with Crippen LogP contribution in [0.5, 0.6) is 0 Å². The molecule has 1 N–H and O–H groups in total. The maximum absolute atomic E-state index is 3.45. The standard InChI is InChI=1S/C8H16N2.C4H10.C2H6/c1-10-5-3-8(7-10)2-4-9-6-8;1-3-4-2;1-2/h9H,2-7H2,1H3;3-4H2,1-2H3;1-2H3. The summed E-state index contributed by atoms with van der Waals surface area (Å²) in [6.07, 6.45) is 5.45. The zero-order valence-corrected chi connectivity index (χ0v) is 12.1. The highest BCUT2D eigenvalue weighted by Gasteiger charge is 2.38. The van der Waals surface area contributed by atoms with Gasteiger partial charge in [-0.2, -0.15) is 0 Å². The quantitative estimate of drug-likeness (QED) is 0.742. The maximum atomic E-state index is 3.45. The summed E-state index contributed by atoms with van der Waals surface area (Å²) >= 11 is 0. The summed E-state index contributed by atoms with van der Waals surface area (Å²) < 4.78 is 0. The van der Waals surface area contributed by atoms with Crippen molar-refractivity contribution in [3.05, 3.63) is 0 Å². The van der Waals surface area contributed by atoms with Gasteiger partial charge < -0.3 is 10.2 Å². The van der Waals surface area contributed by atoms with E-state index in [1.807, 2.05) is 13.8 Å². The summed E-state index contributed by atoms with van der Waals surface area (Å²) in [4.78, 5) is 2.45. The third kappa shape index (κ3) is 5.31. The molecule has 0 radical (unpaired) electrons. The van der Waals surface area contributed by atoms with Gasteiger partial charge in [0.2, 0.25) is 0 Å². The molecule has 0 aliphatic carbocycles.